The van der Waals surface area contributed by atoms with Crippen LogP contribution < -0.4 is 10.5 Å². The van der Waals surface area contributed by atoms with Gasteiger partial charge in [0, 0.05) is 6.54 Å². The van der Waals surface area contributed by atoms with Gasteiger partial charge in [0.1, 0.15) is 5.75 Å². The van der Waals surface area contributed by atoms with Gasteiger partial charge in [-0.25, -0.2) is 0 Å². The van der Waals surface area contributed by atoms with E-state index in [0.717, 1.165) is 22.2 Å². The van der Waals surface area contributed by atoms with Gasteiger partial charge in [-0.15, -0.1) is 0 Å². The average molecular weight is 177 g/mol. The highest BCUT2D eigenvalue weighted by Crippen LogP contribution is 2.25. The predicted molar refractivity (Wildman–Crippen MR) is 50.5 cm³/mol. The highest BCUT2D eigenvalue weighted by atomic mass is 16.5. The van der Waals surface area contributed by atoms with Crippen molar-refractivity contribution in [1.82, 2.24) is 10.2 Å². The van der Waals surface area contributed by atoms with Crippen molar-refractivity contribution in [3.8, 4) is 5.75 Å². The summed E-state index contributed by atoms with van der Waals surface area (Å²) in [5.41, 5.74) is 7.59. The summed E-state index contributed by atoms with van der Waals surface area (Å²) >= 11 is 0. The molecule has 1 aromatic carbocycles. The lowest BCUT2D eigenvalue weighted by molar-refractivity contribution is 0.419. The number of methoxy groups -OCH3 is 1. The van der Waals surface area contributed by atoms with E-state index < -0.39 is 0 Å². The first-order valence-corrected chi connectivity index (χ1v) is 4.06. The van der Waals surface area contributed by atoms with E-state index in [2.05, 4.69) is 10.2 Å². The molecule has 0 saturated heterocycles. The van der Waals surface area contributed by atoms with E-state index in [0.29, 0.717) is 6.54 Å². The molecule has 0 bridgehead atoms. The van der Waals surface area contributed by atoms with Gasteiger partial charge in [-0.2, -0.15) is 5.10 Å². The van der Waals surface area contributed by atoms with Crippen LogP contribution in [0.25, 0.3) is 10.9 Å². The Bertz CT molecular complexity index is 384. The van der Waals surface area contributed by atoms with Gasteiger partial charge in [-0.05, 0) is 11.6 Å². The number of rotatable bonds is 2. The Labute approximate surface area is 75.7 Å². The molecule has 0 atom stereocenters. The molecule has 2 rings (SSSR count). The molecule has 68 valence electrons. The van der Waals surface area contributed by atoms with Crippen molar-refractivity contribution in [3.63, 3.8) is 0 Å². The number of benzene rings is 1. The van der Waals surface area contributed by atoms with Crippen molar-refractivity contribution < 1.29 is 4.74 Å². The molecule has 0 amide bonds. The van der Waals surface area contributed by atoms with E-state index in [1.54, 1.807) is 13.3 Å². The van der Waals surface area contributed by atoms with Crippen LogP contribution in [0.3, 0.4) is 0 Å². The lowest BCUT2D eigenvalue weighted by Crippen LogP contribution is -1.97. The minimum Gasteiger partial charge on any atom is -0.496 e. The lowest BCUT2D eigenvalue weighted by atomic mass is 10.1. The molecule has 4 heteroatoms. The second-order valence-corrected chi connectivity index (χ2v) is 2.79. The molecule has 0 aliphatic rings. The van der Waals surface area contributed by atoms with Crippen LogP contribution in [-0.4, -0.2) is 17.3 Å². The summed E-state index contributed by atoms with van der Waals surface area (Å²) in [6.45, 7) is 0.503. The molecule has 0 saturated carbocycles. The SMILES string of the molecule is COc1ccc(CN)c2[nH]ncc12. The van der Waals surface area contributed by atoms with Gasteiger partial charge in [0.05, 0.1) is 24.2 Å². The fourth-order valence-electron chi connectivity index (χ4n) is 1.42. The van der Waals surface area contributed by atoms with Crippen LogP contribution in [0, 0.1) is 0 Å². The monoisotopic (exact) mass is 177 g/mol. The first kappa shape index (κ1) is 8.07. The molecule has 4 nitrogen and oxygen atoms in total. The average Bonchev–Trinajstić information content (AvgIpc) is 2.64. The summed E-state index contributed by atoms with van der Waals surface area (Å²) in [6.07, 6.45) is 1.74. The zero-order valence-corrected chi connectivity index (χ0v) is 7.37. The van der Waals surface area contributed by atoms with Gasteiger partial charge < -0.3 is 10.5 Å². The van der Waals surface area contributed by atoms with Gasteiger partial charge in [-0.3, -0.25) is 5.10 Å². The Hall–Kier alpha value is -1.55. The number of aromatic amines is 1. The van der Waals surface area contributed by atoms with Crippen LogP contribution in [-0.2, 0) is 6.54 Å². The number of hydrogen-bond donors (Lipinski definition) is 2. The number of nitrogens with two attached hydrogens (primary N) is 1. The lowest BCUT2D eigenvalue weighted by Gasteiger charge is -2.03. The summed E-state index contributed by atoms with van der Waals surface area (Å²) in [5.74, 6) is 0.820. The molecule has 2 aromatic rings. The zero-order valence-electron chi connectivity index (χ0n) is 7.37. The fraction of sp³-hybridized carbons (Fsp3) is 0.222. The Morgan fingerprint density at radius 1 is 1.54 bits per heavy atom. The third-order valence-electron chi connectivity index (χ3n) is 2.10. The number of aromatic nitrogens is 2. The number of nitrogens with zero attached hydrogens (tertiary/aromatic N) is 1. The maximum absolute atomic E-state index is 5.58. The Balaban J connectivity index is 2.74. The largest absolute Gasteiger partial charge is 0.496 e. The Kier molecular flexibility index (Phi) is 1.90. The van der Waals surface area contributed by atoms with Gasteiger partial charge in [0.2, 0.25) is 0 Å². The van der Waals surface area contributed by atoms with Crippen LogP contribution >= 0.6 is 0 Å². The molecule has 0 aliphatic carbocycles. The summed E-state index contributed by atoms with van der Waals surface area (Å²) in [7, 11) is 1.64. The van der Waals surface area contributed by atoms with Gasteiger partial charge >= 0.3 is 0 Å². The minimum atomic E-state index is 0.503. The molecular weight excluding hydrogens is 166 g/mol. The molecular formula is C9H11N3O. The number of hydrogen-bond acceptors (Lipinski definition) is 3. The molecule has 0 unspecified atom stereocenters. The summed E-state index contributed by atoms with van der Waals surface area (Å²) in [4.78, 5) is 0. The number of fused-ring (bicyclic) bond motifs is 1. The highest BCUT2D eigenvalue weighted by Gasteiger charge is 2.06. The van der Waals surface area contributed by atoms with Crippen molar-refractivity contribution in [1.29, 1.82) is 0 Å². The molecule has 3 N–H and O–H groups in total. The van der Waals surface area contributed by atoms with Crippen molar-refractivity contribution in [3.05, 3.63) is 23.9 Å². The third-order valence-corrected chi connectivity index (χ3v) is 2.10. The first-order valence-electron chi connectivity index (χ1n) is 4.06. The van der Waals surface area contributed by atoms with Crippen LogP contribution in [0.4, 0.5) is 0 Å². The molecule has 0 radical (unpaired) electrons. The topological polar surface area (TPSA) is 63.9 Å². The smallest absolute Gasteiger partial charge is 0.129 e. The third kappa shape index (κ3) is 1.15. The standard InChI is InChI=1S/C9H11N3O/c1-13-8-3-2-6(4-10)9-7(8)5-11-12-9/h2-3,5H,4,10H2,1H3,(H,11,12). The van der Waals surface area contributed by atoms with E-state index in [1.807, 2.05) is 12.1 Å². The van der Waals surface area contributed by atoms with Crippen molar-refractivity contribution in [2.24, 2.45) is 5.73 Å². The normalized spacial score (nSPS) is 10.6. The van der Waals surface area contributed by atoms with E-state index in [1.165, 1.54) is 0 Å². The molecule has 0 aliphatic heterocycles. The second-order valence-electron chi connectivity index (χ2n) is 2.79. The number of ether oxygens (including phenoxy) is 1. The predicted octanol–water partition coefficient (Wildman–Crippen LogP) is 1.03. The first-order chi connectivity index (χ1) is 6.36. The van der Waals surface area contributed by atoms with Gasteiger partial charge in [0.25, 0.3) is 0 Å². The van der Waals surface area contributed by atoms with E-state index in [-0.39, 0.29) is 0 Å². The maximum Gasteiger partial charge on any atom is 0.129 e. The fourth-order valence-corrected chi connectivity index (χ4v) is 1.42. The molecule has 0 spiro atoms. The van der Waals surface area contributed by atoms with Crippen LogP contribution in [0.15, 0.2) is 18.3 Å². The number of nitrogens with one attached hydrogen (secondary N) is 1. The molecule has 1 aromatic heterocycles. The van der Waals surface area contributed by atoms with Crippen LogP contribution in [0.1, 0.15) is 5.56 Å². The summed E-state index contributed by atoms with van der Waals surface area (Å²) in [5, 5.41) is 7.84. The summed E-state index contributed by atoms with van der Waals surface area (Å²) in [6, 6.07) is 3.85. The minimum absolute atomic E-state index is 0.503. The summed E-state index contributed by atoms with van der Waals surface area (Å²) < 4.78 is 5.18. The molecule has 1 heterocycles. The number of H-pyrrole nitrogens is 1. The van der Waals surface area contributed by atoms with Crippen LogP contribution in [0.2, 0.25) is 0 Å². The molecule has 0 fully saturated rings. The van der Waals surface area contributed by atoms with Crippen LogP contribution in [0.5, 0.6) is 5.75 Å². The Morgan fingerprint density at radius 2 is 2.38 bits per heavy atom. The second kappa shape index (κ2) is 3.06. The van der Waals surface area contributed by atoms with E-state index in [4.69, 9.17) is 10.5 Å². The van der Waals surface area contributed by atoms with Crippen molar-refractivity contribution in [2.75, 3.05) is 7.11 Å². The molecule has 13 heavy (non-hydrogen) atoms. The van der Waals surface area contributed by atoms with E-state index >= 15 is 0 Å². The zero-order chi connectivity index (χ0) is 9.26. The van der Waals surface area contributed by atoms with Crippen molar-refractivity contribution in [2.45, 2.75) is 6.54 Å². The highest BCUT2D eigenvalue weighted by molar-refractivity contribution is 5.87. The Morgan fingerprint density at radius 3 is 3.08 bits per heavy atom. The maximum atomic E-state index is 5.58. The van der Waals surface area contributed by atoms with Crippen molar-refractivity contribution >= 4 is 10.9 Å². The van der Waals surface area contributed by atoms with Gasteiger partial charge in [-0.1, -0.05) is 6.07 Å². The quantitative estimate of drug-likeness (QED) is 0.720. The van der Waals surface area contributed by atoms with Gasteiger partial charge in [0.15, 0.2) is 0 Å². The van der Waals surface area contributed by atoms with E-state index in [9.17, 15) is 0 Å².